The Kier molecular flexibility index (Phi) is 6.41. The van der Waals surface area contributed by atoms with E-state index in [0.717, 1.165) is 54.6 Å². The summed E-state index contributed by atoms with van der Waals surface area (Å²) in [6.45, 7) is 1.11. The van der Waals surface area contributed by atoms with Crippen molar-refractivity contribution >= 4 is 27.9 Å². The van der Waals surface area contributed by atoms with E-state index < -0.39 is 6.36 Å². The number of imidazole rings is 1. The van der Waals surface area contributed by atoms with Gasteiger partial charge in [0.25, 0.3) is 0 Å². The number of fused-ring (bicyclic) bond motifs is 2. The Bertz CT molecular complexity index is 1430. The average Bonchev–Trinajstić information content (AvgIpc) is 3.55. The number of ether oxygens (including phenoxy) is 1. The molecule has 8 nitrogen and oxygen atoms in total. The average molecular weight is 528 g/mol. The third-order valence-corrected chi connectivity index (χ3v) is 8.35. The molecule has 0 aliphatic heterocycles. The van der Waals surface area contributed by atoms with Crippen LogP contribution in [-0.4, -0.2) is 55.4 Å². The molecule has 2 atom stereocenters. The molecular weight excluding hydrogens is 495 g/mol. The van der Waals surface area contributed by atoms with Crippen LogP contribution in [0.25, 0.3) is 22.1 Å². The minimum atomic E-state index is -4.71. The van der Waals surface area contributed by atoms with Crippen LogP contribution in [0.5, 0.6) is 5.75 Å². The summed E-state index contributed by atoms with van der Waals surface area (Å²) in [6, 6.07) is 7.29. The summed E-state index contributed by atoms with van der Waals surface area (Å²) in [5.41, 5.74) is 8.15. The van der Waals surface area contributed by atoms with Gasteiger partial charge < -0.3 is 24.9 Å². The summed E-state index contributed by atoms with van der Waals surface area (Å²) < 4.78 is 43.7. The number of halogens is 3. The van der Waals surface area contributed by atoms with E-state index in [9.17, 15) is 13.2 Å². The van der Waals surface area contributed by atoms with Crippen molar-refractivity contribution in [2.45, 2.75) is 63.4 Å². The van der Waals surface area contributed by atoms with E-state index in [-0.39, 0.29) is 5.75 Å². The molecule has 4 aromatic rings. The SMILES string of the molecule is CN(C[C@@H]1CC[C@H](n2ccc3c(N)ncnc32)C1)C1CC(CCc2nc3cc(OC(F)(F)F)ccc3[nH]2)C1. The lowest BCUT2D eigenvalue weighted by atomic mass is 9.76. The normalized spacial score (nSPS) is 23.9. The maximum Gasteiger partial charge on any atom is 0.573 e. The number of rotatable bonds is 8. The number of benzene rings is 1. The van der Waals surface area contributed by atoms with Gasteiger partial charge in [0.05, 0.1) is 16.4 Å². The van der Waals surface area contributed by atoms with E-state index in [1.165, 1.54) is 31.4 Å². The minimum Gasteiger partial charge on any atom is -0.406 e. The van der Waals surface area contributed by atoms with Crippen LogP contribution >= 0.6 is 0 Å². The zero-order valence-electron chi connectivity index (χ0n) is 21.3. The first-order valence-corrected chi connectivity index (χ1v) is 13.2. The minimum absolute atomic E-state index is 0.248. The summed E-state index contributed by atoms with van der Waals surface area (Å²) in [4.78, 5) is 18.8. The van der Waals surface area contributed by atoms with Crippen LogP contribution in [0.4, 0.5) is 19.0 Å². The summed E-state index contributed by atoms with van der Waals surface area (Å²) in [5.74, 6) is 2.41. The third-order valence-electron chi connectivity index (χ3n) is 8.35. The highest BCUT2D eigenvalue weighted by Crippen LogP contribution is 2.40. The highest BCUT2D eigenvalue weighted by molar-refractivity contribution is 5.86. The molecule has 0 saturated heterocycles. The Balaban J connectivity index is 0.961. The van der Waals surface area contributed by atoms with Gasteiger partial charge in [-0.2, -0.15) is 0 Å². The fraction of sp³-hybridized carbons (Fsp3) is 0.519. The topological polar surface area (TPSA) is 97.9 Å². The molecule has 0 spiro atoms. The lowest BCUT2D eigenvalue weighted by Crippen LogP contribution is -2.44. The molecule has 38 heavy (non-hydrogen) atoms. The third kappa shape index (κ3) is 5.16. The fourth-order valence-corrected chi connectivity index (χ4v) is 6.30. The molecule has 3 heterocycles. The Morgan fingerprint density at radius 1 is 1.13 bits per heavy atom. The van der Waals surface area contributed by atoms with E-state index in [0.29, 0.717) is 35.3 Å². The number of aromatic nitrogens is 5. The molecule has 3 N–H and O–H groups in total. The summed E-state index contributed by atoms with van der Waals surface area (Å²) in [7, 11) is 2.24. The Labute approximate surface area is 218 Å². The number of nitrogens with one attached hydrogen (secondary N) is 1. The molecule has 3 aromatic heterocycles. The Morgan fingerprint density at radius 2 is 1.97 bits per heavy atom. The first kappa shape index (κ1) is 25.0. The molecule has 2 fully saturated rings. The molecule has 0 radical (unpaired) electrons. The van der Waals surface area contributed by atoms with Gasteiger partial charge in [-0.3, -0.25) is 0 Å². The molecule has 2 saturated carbocycles. The van der Waals surface area contributed by atoms with E-state index in [1.54, 1.807) is 12.4 Å². The van der Waals surface area contributed by atoms with Gasteiger partial charge in [0, 0.05) is 37.3 Å². The second-order valence-electron chi connectivity index (χ2n) is 10.9. The van der Waals surface area contributed by atoms with Crippen molar-refractivity contribution in [1.29, 1.82) is 0 Å². The van der Waals surface area contributed by atoms with Crippen molar-refractivity contribution in [3.05, 3.63) is 42.6 Å². The van der Waals surface area contributed by atoms with E-state index in [2.05, 4.69) is 47.4 Å². The second-order valence-corrected chi connectivity index (χ2v) is 10.9. The monoisotopic (exact) mass is 527 g/mol. The molecule has 1 aromatic carbocycles. The molecule has 11 heteroatoms. The smallest absolute Gasteiger partial charge is 0.406 e. The molecule has 0 unspecified atom stereocenters. The lowest BCUT2D eigenvalue weighted by molar-refractivity contribution is -0.274. The second kappa shape index (κ2) is 9.76. The number of nitrogens with two attached hydrogens (primary N) is 1. The predicted octanol–water partition coefficient (Wildman–Crippen LogP) is 5.47. The molecule has 0 bridgehead atoms. The highest BCUT2D eigenvalue weighted by atomic mass is 19.4. The van der Waals surface area contributed by atoms with Crippen LogP contribution in [0.3, 0.4) is 0 Å². The van der Waals surface area contributed by atoms with Gasteiger partial charge in [-0.1, -0.05) is 0 Å². The number of aryl methyl sites for hydroxylation is 1. The zero-order valence-corrected chi connectivity index (χ0v) is 21.3. The van der Waals surface area contributed by atoms with Crippen molar-refractivity contribution in [3.8, 4) is 5.75 Å². The van der Waals surface area contributed by atoms with Crippen LogP contribution < -0.4 is 10.5 Å². The molecule has 2 aliphatic rings. The Morgan fingerprint density at radius 3 is 2.79 bits per heavy atom. The first-order valence-electron chi connectivity index (χ1n) is 13.2. The molecular formula is C27H32F3N7O. The molecule has 2 aliphatic carbocycles. The maximum absolute atomic E-state index is 12.5. The van der Waals surface area contributed by atoms with E-state index in [4.69, 9.17) is 5.73 Å². The van der Waals surface area contributed by atoms with Gasteiger partial charge in [-0.15, -0.1) is 13.2 Å². The van der Waals surface area contributed by atoms with Gasteiger partial charge >= 0.3 is 6.36 Å². The van der Waals surface area contributed by atoms with Gasteiger partial charge in [0.1, 0.15) is 29.4 Å². The first-order chi connectivity index (χ1) is 18.2. The van der Waals surface area contributed by atoms with E-state index >= 15 is 0 Å². The molecule has 6 rings (SSSR count). The summed E-state index contributed by atoms with van der Waals surface area (Å²) >= 11 is 0. The Hall–Kier alpha value is -3.34. The number of H-pyrrole nitrogens is 1. The molecule has 202 valence electrons. The van der Waals surface area contributed by atoms with Gasteiger partial charge in [0.2, 0.25) is 0 Å². The van der Waals surface area contributed by atoms with Crippen molar-refractivity contribution in [2.24, 2.45) is 11.8 Å². The molecule has 0 amide bonds. The fourth-order valence-electron chi connectivity index (χ4n) is 6.30. The number of nitrogens with zero attached hydrogens (tertiary/aromatic N) is 5. The number of hydrogen-bond donors (Lipinski definition) is 2. The quantitative estimate of drug-likeness (QED) is 0.315. The number of nitrogen functional groups attached to an aromatic ring is 1. The van der Waals surface area contributed by atoms with Crippen LogP contribution in [0.15, 0.2) is 36.8 Å². The largest absolute Gasteiger partial charge is 0.573 e. The van der Waals surface area contributed by atoms with Crippen LogP contribution in [0, 0.1) is 11.8 Å². The van der Waals surface area contributed by atoms with Gasteiger partial charge in [-0.05, 0) is 75.6 Å². The predicted molar refractivity (Wildman–Crippen MR) is 139 cm³/mol. The van der Waals surface area contributed by atoms with Crippen molar-refractivity contribution in [2.75, 3.05) is 19.3 Å². The van der Waals surface area contributed by atoms with Crippen molar-refractivity contribution in [3.63, 3.8) is 0 Å². The number of hydrogen-bond acceptors (Lipinski definition) is 6. The highest BCUT2D eigenvalue weighted by Gasteiger charge is 2.35. The van der Waals surface area contributed by atoms with Gasteiger partial charge in [0.15, 0.2) is 0 Å². The van der Waals surface area contributed by atoms with Crippen LogP contribution in [0.1, 0.15) is 50.4 Å². The van der Waals surface area contributed by atoms with E-state index in [1.807, 2.05) is 6.07 Å². The van der Waals surface area contributed by atoms with Crippen LogP contribution in [0.2, 0.25) is 0 Å². The number of anilines is 1. The maximum atomic E-state index is 12.5. The number of aromatic amines is 1. The summed E-state index contributed by atoms with van der Waals surface area (Å²) in [5, 5.41) is 0.927. The van der Waals surface area contributed by atoms with Crippen LogP contribution in [-0.2, 0) is 6.42 Å². The standard InChI is InChI=1S/C27H32F3N7O/c1-36(14-17-2-4-18(12-17)37-9-8-21-25(31)32-15-33-26(21)37)19-10-16(11-19)3-7-24-34-22-6-5-20(13-23(22)35-24)38-27(28,29)30/h5-6,8-9,13,15-19H,2-4,7,10-12,14H2,1H3,(H,34,35)(H2,31,32,33)/t16?,17-,18+,19?/m1/s1. The van der Waals surface area contributed by atoms with Crippen molar-refractivity contribution < 1.29 is 17.9 Å². The van der Waals surface area contributed by atoms with Crippen molar-refractivity contribution in [1.82, 2.24) is 29.4 Å². The number of alkyl halides is 3. The zero-order chi connectivity index (χ0) is 26.4. The lowest BCUT2D eigenvalue weighted by Gasteiger charge is -2.42. The van der Waals surface area contributed by atoms with Gasteiger partial charge in [-0.25, -0.2) is 15.0 Å². The summed E-state index contributed by atoms with van der Waals surface area (Å²) in [6.07, 6.45) is 6.61.